The highest BCUT2D eigenvalue weighted by Gasteiger charge is 2.55. The van der Waals surface area contributed by atoms with E-state index in [-0.39, 0.29) is 29.0 Å². The Kier molecular flexibility index (Phi) is 7.57. The van der Waals surface area contributed by atoms with Crippen LogP contribution in [0.4, 0.5) is 0 Å². The molecule has 2 N–H and O–H groups in total. The van der Waals surface area contributed by atoms with Crippen LogP contribution in [0.2, 0.25) is 5.02 Å². The SMILES string of the molecule is CN(Cc1ccc(C2=NCCN2)cc1)C(=O)COCCNC1(S(=O)(=O)c2ccccc2Cl)CC1. The lowest BCUT2D eigenvalue weighted by Gasteiger charge is -2.20. The second-order valence-electron chi connectivity index (χ2n) is 8.51. The highest BCUT2D eigenvalue weighted by molar-refractivity contribution is 7.93. The van der Waals surface area contributed by atoms with Crippen LogP contribution in [0.3, 0.4) is 0 Å². The van der Waals surface area contributed by atoms with Crippen molar-refractivity contribution in [3.8, 4) is 0 Å². The number of halogens is 1. The third-order valence-electron chi connectivity index (χ3n) is 6.01. The molecule has 1 heterocycles. The van der Waals surface area contributed by atoms with Crippen molar-refractivity contribution in [3.05, 3.63) is 64.7 Å². The number of rotatable bonds is 11. The summed E-state index contributed by atoms with van der Waals surface area (Å²) in [6, 6.07) is 14.4. The van der Waals surface area contributed by atoms with Crippen LogP contribution in [0.15, 0.2) is 58.4 Å². The lowest BCUT2D eigenvalue weighted by Crippen LogP contribution is -2.41. The monoisotopic (exact) mass is 504 g/mol. The quantitative estimate of drug-likeness (QED) is 0.455. The van der Waals surface area contributed by atoms with Gasteiger partial charge < -0.3 is 15.0 Å². The van der Waals surface area contributed by atoms with Gasteiger partial charge in [-0.2, -0.15) is 0 Å². The molecular formula is C24H29ClN4O4S. The molecule has 8 nitrogen and oxygen atoms in total. The summed E-state index contributed by atoms with van der Waals surface area (Å²) in [7, 11) is -1.87. The van der Waals surface area contributed by atoms with E-state index >= 15 is 0 Å². The largest absolute Gasteiger partial charge is 0.370 e. The van der Waals surface area contributed by atoms with Gasteiger partial charge in [0, 0.05) is 32.2 Å². The minimum atomic E-state index is -3.60. The van der Waals surface area contributed by atoms with Gasteiger partial charge in [-0.3, -0.25) is 15.1 Å². The van der Waals surface area contributed by atoms with Gasteiger partial charge in [-0.15, -0.1) is 0 Å². The van der Waals surface area contributed by atoms with Crippen molar-refractivity contribution in [3.63, 3.8) is 0 Å². The van der Waals surface area contributed by atoms with Crippen LogP contribution < -0.4 is 10.6 Å². The summed E-state index contributed by atoms with van der Waals surface area (Å²) in [4.78, 5) is 17.6. The summed E-state index contributed by atoms with van der Waals surface area (Å²) in [5.74, 6) is 0.765. The van der Waals surface area contributed by atoms with Crippen LogP contribution in [0, 0.1) is 0 Å². The first-order valence-corrected chi connectivity index (χ1v) is 13.1. The van der Waals surface area contributed by atoms with Crippen molar-refractivity contribution in [2.24, 2.45) is 4.99 Å². The van der Waals surface area contributed by atoms with Gasteiger partial charge in [0.15, 0.2) is 9.84 Å². The Morgan fingerprint density at radius 3 is 2.59 bits per heavy atom. The zero-order chi connectivity index (χ0) is 24.2. The molecule has 0 radical (unpaired) electrons. The third kappa shape index (κ3) is 5.43. The summed E-state index contributed by atoms with van der Waals surface area (Å²) < 4.78 is 31.5. The topological polar surface area (TPSA) is 100 Å². The maximum absolute atomic E-state index is 13.0. The van der Waals surface area contributed by atoms with Gasteiger partial charge in [-0.05, 0) is 30.5 Å². The molecular weight excluding hydrogens is 476 g/mol. The predicted octanol–water partition coefficient (Wildman–Crippen LogP) is 2.22. The smallest absolute Gasteiger partial charge is 0.248 e. The Morgan fingerprint density at radius 2 is 1.94 bits per heavy atom. The number of aliphatic imine (C=N–C) groups is 1. The lowest BCUT2D eigenvalue weighted by molar-refractivity contribution is -0.135. The second-order valence-corrected chi connectivity index (χ2v) is 11.1. The number of amides is 1. The molecule has 0 saturated heterocycles. The standard InChI is InChI=1S/C24H29ClN4O4S/c1-29(16-18-6-8-19(9-7-18)23-26-12-13-27-23)22(30)17-33-15-14-28-24(10-11-24)34(31,32)21-5-3-2-4-20(21)25/h2-9,28H,10-17H2,1H3,(H,26,27). The molecule has 182 valence electrons. The lowest BCUT2D eigenvalue weighted by atomic mass is 10.1. The molecule has 1 aliphatic carbocycles. The molecule has 10 heteroatoms. The van der Waals surface area contributed by atoms with E-state index in [0.717, 1.165) is 30.1 Å². The van der Waals surface area contributed by atoms with E-state index in [4.69, 9.17) is 16.3 Å². The Labute approximate surface area is 205 Å². The molecule has 2 aromatic rings. The van der Waals surface area contributed by atoms with E-state index in [1.165, 1.54) is 6.07 Å². The van der Waals surface area contributed by atoms with Gasteiger partial charge >= 0.3 is 0 Å². The highest BCUT2D eigenvalue weighted by atomic mass is 35.5. The molecule has 0 bridgehead atoms. The van der Waals surface area contributed by atoms with E-state index in [0.29, 0.717) is 25.9 Å². The fraction of sp³-hybridized carbons (Fsp3) is 0.417. The van der Waals surface area contributed by atoms with E-state index in [2.05, 4.69) is 15.6 Å². The van der Waals surface area contributed by atoms with Crippen LogP contribution in [0.5, 0.6) is 0 Å². The average Bonchev–Trinajstić information content (AvgIpc) is 3.43. The van der Waals surface area contributed by atoms with Crippen molar-refractivity contribution < 1.29 is 17.9 Å². The van der Waals surface area contributed by atoms with Crippen molar-refractivity contribution >= 4 is 33.2 Å². The number of nitrogens with one attached hydrogen (secondary N) is 2. The first kappa shape index (κ1) is 24.7. The number of likely N-dealkylation sites (N-methyl/N-ethyl adjacent to an activating group) is 1. The zero-order valence-corrected chi connectivity index (χ0v) is 20.7. The molecule has 0 aromatic heterocycles. The van der Waals surface area contributed by atoms with Gasteiger partial charge in [-0.1, -0.05) is 48.0 Å². The van der Waals surface area contributed by atoms with E-state index in [9.17, 15) is 13.2 Å². The zero-order valence-electron chi connectivity index (χ0n) is 19.1. The van der Waals surface area contributed by atoms with E-state index in [1.807, 2.05) is 24.3 Å². The Balaban J connectivity index is 1.20. The van der Waals surface area contributed by atoms with Gasteiger partial charge in [0.2, 0.25) is 5.91 Å². The first-order valence-electron chi connectivity index (χ1n) is 11.3. The van der Waals surface area contributed by atoms with Crippen LogP contribution in [0.1, 0.15) is 24.0 Å². The third-order valence-corrected chi connectivity index (χ3v) is 8.97. The van der Waals surface area contributed by atoms with Crippen LogP contribution in [-0.4, -0.2) is 69.8 Å². The average molecular weight is 505 g/mol. The summed E-state index contributed by atoms with van der Waals surface area (Å²) >= 11 is 6.10. The number of nitrogens with zero attached hydrogens (tertiary/aromatic N) is 2. The molecule has 1 saturated carbocycles. The van der Waals surface area contributed by atoms with Crippen molar-refractivity contribution in [2.45, 2.75) is 29.2 Å². The number of amidine groups is 1. The van der Waals surface area contributed by atoms with Crippen LogP contribution in [-0.2, 0) is 25.9 Å². The van der Waals surface area contributed by atoms with Crippen LogP contribution >= 0.6 is 11.6 Å². The fourth-order valence-corrected chi connectivity index (χ4v) is 6.24. The minimum absolute atomic E-state index is 0.0682. The van der Waals surface area contributed by atoms with Crippen molar-refractivity contribution in [2.75, 3.05) is 39.9 Å². The van der Waals surface area contributed by atoms with Crippen LogP contribution in [0.25, 0.3) is 0 Å². The molecule has 34 heavy (non-hydrogen) atoms. The van der Waals surface area contributed by atoms with Gasteiger partial charge in [0.05, 0.1) is 23.1 Å². The number of hydrogen-bond acceptors (Lipinski definition) is 7. The summed E-state index contributed by atoms with van der Waals surface area (Å²) in [5, 5.41) is 6.56. The Morgan fingerprint density at radius 1 is 1.21 bits per heavy atom. The molecule has 1 fully saturated rings. The molecule has 1 aliphatic heterocycles. The summed E-state index contributed by atoms with van der Waals surface area (Å²) in [5.41, 5.74) is 2.05. The van der Waals surface area contributed by atoms with E-state index < -0.39 is 14.7 Å². The van der Waals surface area contributed by atoms with Crippen molar-refractivity contribution in [1.29, 1.82) is 0 Å². The normalized spacial score (nSPS) is 16.6. The molecule has 2 aliphatic rings. The number of benzene rings is 2. The van der Waals surface area contributed by atoms with Gasteiger partial charge in [0.25, 0.3) is 0 Å². The van der Waals surface area contributed by atoms with Gasteiger partial charge in [0.1, 0.15) is 17.3 Å². The molecule has 4 rings (SSSR count). The number of hydrogen-bond donors (Lipinski definition) is 2. The number of ether oxygens (including phenoxy) is 1. The number of sulfone groups is 1. The van der Waals surface area contributed by atoms with E-state index in [1.54, 1.807) is 30.1 Å². The summed E-state index contributed by atoms with van der Waals surface area (Å²) in [6.45, 7) is 2.61. The Bertz CT molecular complexity index is 1160. The second kappa shape index (κ2) is 10.4. The highest BCUT2D eigenvalue weighted by Crippen LogP contribution is 2.45. The predicted molar refractivity (Wildman–Crippen MR) is 132 cm³/mol. The molecule has 0 atom stereocenters. The molecule has 0 unspecified atom stereocenters. The Hall–Kier alpha value is -2.46. The first-order chi connectivity index (χ1) is 16.3. The fourth-order valence-electron chi connectivity index (χ4n) is 3.87. The maximum atomic E-state index is 13.0. The molecule has 0 spiro atoms. The summed E-state index contributed by atoms with van der Waals surface area (Å²) in [6.07, 6.45) is 1.04. The minimum Gasteiger partial charge on any atom is -0.370 e. The molecule has 1 amide bonds. The number of carbonyl (C=O) groups excluding carboxylic acids is 1. The number of carbonyl (C=O) groups is 1. The molecule has 2 aromatic carbocycles. The maximum Gasteiger partial charge on any atom is 0.248 e. The van der Waals surface area contributed by atoms with Crippen molar-refractivity contribution in [1.82, 2.24) is 15.5 Å². The van der Waals surface area contributed by atoms with Gasteiger partial charge in [-0.25, -0.2) is 8.42 Å².